The summed E-state index contributed by atoms with van der Waals surface area (Å²) in [7, 11) is 0. The van der Waals surface area contributed by atoms with E-state index in [2.05, 4.69) is 30.8 Å². The number of aromatic nitrogens is 2. The highest BCUT2D eigenvalue weighted by molar-refractivity contribution is 6.09. The van der Waals surface area contributed by atoms with Gasteiger partial charge in [-0.2, -0.15) is 13.2 Å². The molecule has 2 aromatic heterocycles. The number of nitrogens with two attached hydrogens (primary N) is 1. The molecule has 0 radical (unpaired) electrons. The van der Waals surface area contributed by atoms with E-state index < -0.39 is 17.7 Å². The molecule has 2 aromatic rings. The van der Waals surface area contributed by atoms with Gasteiger partial charge in [-0.3, -0.25) is 5.73 Å². The number of aliphatic imine (C=N–C) groups is 2. The molecule has 1 unspecified atom stereocenters. The second-order valence-corrected chi connectivity index (χ2v) is 5.96. The predicted molar refractivity (Wildman–Crippen MR) is 86.5 cm³/mol. The van der Waals surface area contributed by atoms with Gasteiger partial charge in [0.1, 0.15) is 23.7 Å². The molecule has 1 saturated heterocycles. The molecule has 2 aliphatic heterocycles. The Labute approximate surface area is 150 Å². The SMILES string of the molecule is NC1(c2cnoc2)N=C(c2cccc(C(F)(F)F)n2)NC(=NC2COC2)N1. The maximum Gasteiger partial charge on any atom is 0.433 e. The zero-order chi connectivity index (χ0) is 19.1. The third kappa shape index (κ3) is 3.48. The Morgan fingerprint density at radius 2 is 2.11 bits per heavy atom. The quantitative estimate of drug-likeness (QED) is 0.710. The number of ether oxygens (including phenoxy) is 1. The minimum Gasteiger partial charge on any atom is -0.377 e. The summed E-state index contributed by atoms with van der Waals surface area (Å²) in [4.78, 5) is 12.3. The van der Waals surface area contributed by atoms with Crippen molar-refractivity contribution in [1.29, 1.82) is 0 Å². The summed E-state index contributed by atoms with van der Waals surface area (Å²) in [6.45, 7) is 0.873. The highest BCUT2D eigenvalue weighted by atomic mass is 19.4. The van der Waals surface area contributed by atoms with E-state index in [0.29, 0.717) is 18.8 Å². The van der Waals surface area contributed by atoms with Crippen LogP contribution in [0, 0.1) is 0 Å². The van der Waals surface area contributed by atoms with Gasteiger partial charge in [0.05, 0.1) is 25.0 Å². The van der Waals surface area contributed by atoms with Crippen LogP contribution in [-0.2, 0) is 16.7 Å². The molecule has 4 rings (SSSR count). The molecule has 0 aromatic carbocycles. The number of nitrogens with one attached hydrogen (secondary N) is 2. The summed E-state index contributed by atoms with van der Waals surface area (Å²) in [5.41, 5.74) is 5.60. The molecule has 12 heteroatoms. The van der Waals surface area contributed by atoms with Crippen LogP contribution in [0.25, 0.3) is 0 Å². The molecular formula is C15H14F3N7O2. The average molecular weight is 381 g/mol. The number of nitrogens with zero attached hydrogens (tertiary/aromatic N) is 4. The zero-order valence-corrected chi connectivity index (χ0v) is 13.7. The zero-order valence-electron chi connectivity index (χ0n) is 13.7. The topological polar surface area (TPSA) is 123 Å². The summed E-state index contributed by atoms with van der Waals surface area (Å²) < 4.78 is 48.9. The Balaban J connectivity index is 1.75. The molecule has 4 N–H and O–H groups in total. The van der Waals surface area contributed by atoms with Crippen LogP contribution in [0.5, 0.6) is 0 Å². The van der Waals surface area contributed by atoms with E-state index in [-0.39, 0.29) is 23.5 Å². The summed E-state index contributed by atoms with van der Waals surface area (Å²) >= 11 is 0. The number of halogens is 3. The number of hydrogen-bond donors (Lipinski definition) is 3. The van der Waals surface area contributed by atoms with Crippen molar-refractivity contribution in [2.75, 3.05) is 13.2 Å². The molecule has 4 heterocycles. The van der Waals surface area contributed by atoms with E-state index in [1.165, 1.54) is 24.6 Å². The molecule has 0 amide bonds. The molecule has 27 heavy (non-hydrogen) atoms. The van der Waals surface area contributed by atoms with Crippen molar-refractivity contribution in [1.82, 2.24) is 20.8 Å². The second kappa shape index (κ2) is 6.32. The Morgan fingerprint density at radius 1 is 1.30 bits per heavy atom. The number of guanidine groups is 1. The summed E-state index contributed by atoms with van der Waals surface area (Å²) in [6, 6.07) is 3.41. The van der Waals surface area contributed by atoms with Crippen molar-refractivity contribution in [3.8, 4) is 0 Å². The molecule has 142 valence electrons. The van der Waals surface area contributed by atoms with E-state index in [0.717, 1.165) is 6.07 Å². The normalized spacial score (nSPS) is 24.7. The Morgan fingerprint density at radius 3 is 2.74 bits per heavy atom. The van der Waals surface area contributed by atoms with Gasteiger partial charge < -0.3 is 19.9 Å². The molecule has 1 atom stereocenters. The van der Waals surface area contributed by atoms with E-state index in [1.54, 1.807) is 0 Å². The summed E-state index contributed by atoms with van der Waals surface area (Å²) in [6.07, 6.45) is -1.95. The molecule has 9 nitrogen and oxygen atoms in total. The number of rotatable bonds is 3. The third-order valence-electron chi connectivity index (χ3n) is 3.92. The van der Waals surface area contributed by atoms with Crippen molar-refractivity contribution in [2.45, 2.75) is 18.0 Å². The van der Waals surface area contributed by atoms with Crippen molar-refractivity contribution < 1.29 is 22.4 Å². The highest BCUT2D eigenvalue weighted by Gasteiger charge is 2.37. The first-order valence-corrected chi connectivity index (χ1v) is 7.87. The van der Waals surface area contributed by atoms with Crippen molar-refractivity contribution >= 4 is 11.8 Å². The minimum absolute atomic E-state index is 0.0301. The van der Waals surface area contributed by atoms with E-state index in [1.807, 2.05) is 0 Å². The number of pyridine rings is 1. The van der Waals surface area contributed by atoms with Crippen LogP contribution >= 0.6 is 0 Å². The fourth-order valence-electron chi connectivity index (χ4n) is 2.48. The molecule has 2 aliphatic rings. The molecule has 0 bridgehead atoms. The highest BCUT2D eigenvalue weighted by Crippen LogP contribution is 2.28. The average Bonchev–Trinajstić information content (AvgIpc) is 3.13. The van der Waals surface area contributed by atoms with Crippen molar-refractivity contribution in [3.05, 3.63) is 47.6 Å². The first kappa shape index (κ1) is 17.4. The lowest BCUT2D eigenvalue weighted by Gasteiger charge is -2.34. The van der Waals surface area contributed by atoms with Gasteiger partial charge in [0, 0.05) is 0 Å². The van der Waals surface area contributed by atoms with Crippen molar-refractivity contribution in [3.63, 3.8) is 0 Å². The largest absolute Gasteiger partial charge is 0.433 e. The smallest absolute Gasteiger partial charge is 0.377 e. The lowest BCUT2D eigenvalue weighted by molar-refractivity contribution is -0.141. The van der Waals surface area contributed by atoms with E-state index in [4.69, 9.17) is 15.0 Å². The van der Waals surface area contributed by atoms with Crippen LogP contribution in [0.3, 0.4) is 0 Å². The fraction of sp³-hybridized carbons (Fsp3) is 0.333. The Kier molecular flexibility index (Phi) is 4.08. The van der Waals surface area contributed by atoms with E-state index >= 15 is 0 Å². The first-order chi connectivity index (χ1) is 12.8. The number of alkyl halides is 3. The van der Waals surface area contributed by atoms with Crippen LogP contribution in [0.4, 0.5) is 13.2 Å². The van der Waals surface area contributed by atoms with Crippen LogP contribution < -0.4 is 16.4 Å². The summed E-state index contributed by atoms with van der Waals surface area (Å²) in [5.74, 6) is -1.28. The molecule has 1 fully saturated rings. The van der Waals surface area contributed by atoms with Gasteiger partial charge in [-0.1, -0.05) is 11.2 Å². The molecule has 0 saturated carbocycles. The number of amidine groups is 1. The first-order valence-electron chi connectivity index (χ1n) is 7.87. The summed E-state index contributed by atoms with van der Waals surface area (Å²) in [5, 5.41) is 9.33. The second-order valence-electron chi connectivity index (χ2n) is 5.96. The molecule has 0 aliphatic carbocycles. The van der Waals surface area contributed by atoms with Crippen LogP contribution in [0.15, 0.2) is 45.2 Å². The van der Waals surface area contributed by atoms with Crippen molar-refractivity contribution in [2.24, 2.45) is 15.7 Å². The standard InChI is InChI=1S/C15H14F3N7O2/c16-14(17,18)11-3-1-2-10(22-11)12-23-13(21-9-6-26-7-9)25-15(19,24-12)8-4-20-27-5-8/h1-5,9H,6-7,19H2,(H2,21,23,24,25). The van der Waals surface area contributed by atoms with Gasteiger partial charge in [-0.05, 0) is 12.1 Å². The van der Waals surface area contributed by atoms with Gasteiger partial charge in [-0.25, -0.2) is 15.0 Å². The Bertz CT molecular complexity index is 893. The van der Waals surface area contributed by atoms with Gasteiger partial charge in [-0.15, -0.1) is 0 Å². The fourth-order valence-corrected chi connectivity index (χ4v) is 2.48. The lowest BCUT2D eigenvalue weighted by Crippen LogP contribution is -2.61. The Hall–Kier alpha value is -2.99. The van der Waals surface area contributed by atoms with Crippen LogP contribution in [0.2, 0.25) is 0 Å². The maximum atomic E-state index is 13.0. The monoisotopic (exact) mass is 381 g/mol. The maximum absolute atomic E-state index is 13.0. The lowest BCUT2D eigenvalue weighted by atomic mass is 10.1. The molecular weight excluding hydrogens is 367 g/mol. The number of hydrogen-bond acceptors (Lipinski definition) is 7. The van der Waals surface area contributed by atoms with Gasteiger partial charge >= 0.3 is 6.18 Å². The van der Waals surface area contributed by atoms with E-state index in [9.17, 15) is 13.2 Å². The van der Waals surface area contributed by atoms with Crippen LogP contribution in [0.1, 0.15) is 17.0 Å². The third-order valence-corrected chi connectivity index (χ3v) is 3.92. The van der Waals surface area contributed by atoms with Gasteiger partial charge in [0.2, 0.25) is 11.7 Å². The van der Waals surface area contributed by atoms with Gasteiger partial charge in [0.25, 0.3) is 0 Å². The van der Waals surface area contributed by atoms with Gasteiger partial charge in [0.15, 0.2) is 5.84 Å². The molecule has 0 spiro atoms. The van der Waals surface area contributed by atoms with Crippen LogP contribution in [-0.4, -0.2) is 41.2 Å². The predicted octanol–water partition coefficient (Wildman–Crippen LogP) is 0.552. The minimum atomic E-state index is -4.59.